The summed E-state index contributed by atoms with van der Waals surface area (Å²) in [6.07, 6.45) is 0. The molecule has 1 aromatic rings. The van der Waals surface area contributed by atoms with Crippen LogP contribution in [0.25, 0.3) is 0 Å². The lowest BCUT2D eigenvalue weighted by atomic mass is 9.82. The van der Waals surface area contributed by atoms with Crippen molar-refractivity contribution in [2.75, 3.05) is 21.3 Å². The van der Waals surface area contributed by atoms with Gasteiger partial charge in [0.25, 0.3) is 0 Å². The molecule has 102 valence electrons. The van der Waals surface area contributed by atoms with Gasteiger partial charge in [0.15, 0.2) is 0 Å². The van der Waals surface area contributed by atoms with Crippen LogP contribution in [0.15, 0.2) is 16.6 Å². The van der Waals surface area contributed by atoms with Gasteiger partial charge < -0.3 is 14.8 Å². The number of rotatable bonds is 4. The first-order valence-corrected chi connectivity index (χ1v) is 6.73. The molecule has 0 saturated heterocycles. The molecule has 0 heterocycles. The molecule has 1 rings (SSSR count). The van der Waals surface area contributed by atoms with Crippen molar-refractivity contribution in [2.24, 2.45) is 5.41 Å². The summed E-state index contributed by atoms with van der Waals surface area (Å²) >= 11 is 3.48. The van der Waals surface area contributed by atoms with Crippen LogP contribution in [0.2, 0.25) is 0 Å². The molecule has 0 spiro atoms. The van der Waals surface area contributed by atoms with E-state index >= 15 is 0 Å². The smallest absolute Gasteiger partial charge is 0.133 e. The Hall–Kier alpha value is -0.740. The highest BCUT2D eigenvalue weighted by molar-refractivity contribution is 9.10. The Morgan fingerprint density at radius 2 is 1.67 bits per heavy atom. The van der Waals surface area contributed by atoms with Gasteiger partial charge in [0.1, 0.15) is 11.5 Å². The third kappa shape index (κ3) is 3.18. The molecule has 0 aliphatic heterocycles. The number of hydrogen-bond donors (Lipinski definition) is 1. The lowest BCUT2D eigenvalue weighted by Gasteiger charge is -2.32. The van der Waals surface area contributed by atoms with Crippen molar-refractivity contribution in [3.8, 4) is 11.5 Å². The zero-order chi connectivity index (χ0) is 13.9. The maximum atomic E-state index is 5.48. The zero-order valence-electron chi connectivity index (χ0n) is 11.9. The van der Waals surface area contributed by atoms with Crippen LogP contribution in [0, 0.1) is 5.41 Å². The number of hydrogen-bond acceptors (Lipinski definition) is 3. The minimum atomic E-state index is 0.0842. The molecule has 18 heavy (non-hydrogen) atoms. The fourth-order valence-corrected chi connectivity index (χ4v) is 2.65. The summed E-state index contributed by atoms with van der Waals surface area (Å²) in [7, 11) is 5.32. The van der Waals surface area contributed by atoms with Gasteiger partial charge in [-0.2, -0.15) is 0 Å². The number of nitrogens with one attached hydrogen (secondary N) is 1. The van der Waals surface area contributed by atoms with Gasteiger partial charge in [0.05, 0.1) is 18.7 Å². The predicted octanol–water partition coefficient (Wildman–Crippen LogP) is 3.77. The van der Waals surface area contributed by atoms with Crippen LogP contribution >= 0.6 is 15.9 Å². The summed E-state index contributed by atoms with van der Waals surface area (Å²) in [4.78, 5) is 0. The number of methoxy groups -OCH3 is 2. The number of benzene rings is 1. The van der Waals surface area contributed by atoms with Crippen LogP contribution in [-0.4, -0.2) is 21.3 Å². The molecule has 0 aliphatic rings. The van der Waals surface area contributed by atoms with E-state index in [1.165, 1.54) is 0 Å². The van der Waals surface area contributed by atoms with Crippen molar-refractivity contribution >= 4 is 15.9 Å². The molecule has 0 saturated carbocycles. The average Bonchev–Trinajstić information content (AvgIpc) is 2.29. The Labute approximate surface area is 118 Å². The van der Waals surface area contributed by atoms with Gasteiger partial charge in [0.2, 0.25) is 0 Å². The predicted molar refractivity (Wildman–Crippen MR) is 78.5 cm³/mol. The molecule has 0 radical (unpaired) electrons. The number of halogens is 1. The van der Waals surface area contributed by atoms with Crippen LogP contribution < -0.4 is 14.8 Å². The van der Waals surface area contributed by atoms with Crippen LogP contribution in [0.5, 0.6) is 11.5 Å². The zero-order valence-corrected chi connectivity index (χ0v) is 13.5. The van der Waals surface area contributed by atoms with Crippen LogP contribution in [0.4, 0.5) is 0 Å². The van der Waals surface area contributed by atoms with Gasteiger partial charge in [-0.05, 0) is 40.5 Å². The van der Waals surface area contributed by atoms with Crippen LogP contribution in [0.3, 0.4) is 0 Å². The fraction of sp³-hybridized carbons (Fsp3) is 0.571. The van der Waals surface area contributed by atoms with Crippen LogP contribution in [-0.2, 0) is 0 Å². The molecular formula is C14H22BrNO2. The van der Waals surface area contributed by atoms with Crippen molar-refractivity contribution in [3.63, 3.8) is 0 Å². The minimum Gasteiger partial charge on any atom is -0.496 e. The van der Waals surface area contributed by atoms with Crippen molar-refractivity contribution in [2.45, 2.75) is 26.8 Å². The first kappa shape index (κ1) is 15.3. The topological polar surface area (TPSA) is 30.5 Å². The summed E-state index contributed by atoms with van der Waals surface area (Å²) in [5, 5.41) is 3.35. The summed E-state index contributed by atoms with van der Waals surface area (Å²) in [5.74, 6) is 1.67. The Bertz CT molecular complexity index is 413. The van der Waals surface area contributed by atoms with E-state index in [-0.39, 0.29) is 11.5 Å². The van der Waals surface area contributed by atoms with Gasteiger partial charge in [-0.3, -0.25) is 0 Å². The average molecular weight is 316 g/mol. The summed E-state index contributed by atoms with van der Waals surface area (Å²) in [5.41, 5.74) is 1.19. The monoisotopic (exact) mass is 315 g/mol. The second kappa shape index (κ2) is 5.93. The van der Waals surface area contributed by atoms with Crippen molar-refractivity contribution in [1.82, 2.24) is 5.32 Å². The van der Waals surface area contributed by atoms with Crippen molar-refractivity contribution in [3.05, 3.63) is 22.2 Å². The lowest BCUT2D eigenvalue weighted by molar-refractivity contribution is 0.276. The molecule has 0 aromatic heterocycles. The molecule has 1 N–H and O–H groups in total. The van der Waals surface area contributed by atoms with E-state index in [9.17, 15) is 0 Å². The molecule has 0 amide bonds. The molecule has 4 heteroatoms. The van der Waals surface area contributed by atoms with Crippen molar-refractivity contribution in [1.29, 1.82) is 0 Å². The second-order valence-electron chi connectivity index (χ2n) is 5.32. The maximum absolute atomic E-state index is 5.48. The van der Waals surface area contributed by atoms with Gasteiger partial charge in [-0.25, -0.2) is 0 Å². The first-order valence-electron chi connectivity index (χ1n) is 5.93. The summed E-state index contributed by atoms with van der Waals surface area (Å²) < 4.78 is 11.7. The van der Waals surface area contributed by atoms with Gasteiger partial charge in [-0.1, -0.05) is 20.8 Å². The molecule has 0 fully saturated rings. The molecule has 1 atom stereocenters. The highest BCUT2D eigenvalue weighted by Gasteiger charge is 2.28. The Morgan fingerprint density at radius 1 is 1.11 bits per heavy atom. The van der Waals surface area contributed by atoms with Gasteiger partial charge in [0, 0.05) is 11.6 Å². The van der Waals surface area contributed by atoms with E-state index in [1.807, 2.05) is 19.2 Å². The molecule has 1 aromatic carbocycles. The fourth-order valence-electron chi connectivity index (χ4n) is 2.16. The van der Waals surface area contributed by atoms with E-state index in [1.54, 1.807) is 14.2 Å². The van der Waals surface area contributed by atoms with Gasteiger partial charge >= 0.3 is 0 Å². The van der Waals surface area contributed by atoms with E-state index < -0.39 is 0 Å². The number of ether oxygens (including phenoxy) is 2. The third-order valence-electron chi connectivity index (χ3n) is 2.97. The maximum Gasteiger partial charge on any atom is 0.133 e. The van der Waals surface area contributed by atoms with Gasteiger partial charge in [-0.15, -0.1) is 0 Å². The largest absolute Gasteiger partial charge is 0.496 e. The minimum absolute atomic E-state index is 0.0842. The Balaban J connectivity index is 3.36. The van der Waals surface area contributed by atoms with E-state index in [4.69, 9.17) is 9.47 Å². The summed E-state index contributed by atoms with van der Waals surface area (Å²) in [6, 6.07) is 4.16. The highest BCUT2D eigenvalue weighted by atomic mass is 79.9. The molecule has 3 nitrogen and oxygen atoms in total. The SMILES string of the molecule is CNC(c1cc(OC)c(Br)cc1OC)C(C)(C)C. The Morgan fingerprint density at radius 3 is 2.06 bits per heavy atom. The quantitative estimate of drug-likeness (QED) is 0.917. The first-order chi connectivity index (χ1) is 8.35. The van der Waals surface area contributed by atoms with Crippen molar-refractivity contribution < 1.29 is 9.47 Å². The third-order valence-corrected chi connectivity index (χ3v) is 3.59. The van der Waals surface area contributed by atoms with E-state index in [2.05, 4.69) is 42.0 Å². The van der Waals surface area contributed by atoms with E-state index in [0.29, 0.717) is 0 Å². The molecule has 0 bridgehead atoms. The highest BCUT2D eigenvalue weighted by Crippen LogP contribution is 2.41. The van der Waals surface area contributed by atoms with Crippen LogP contribution in [0.1, 0.15) is 32.4 Å². The molecule has 1 unspecified atom stereocenters. The molecule has 0 aliphatic carbocycles. The standard InChI is InChI=1S/C14H22BrNO2/c1-14(2,3)13(16-4)9-7-12(18-6)10(15)8-11(9)17-5/h7-8,13,16H,1-6H3. The lowest BCUT2D eigenvalue weighted by Crippen LogP contribution is -2.30. The van der Waals surface area contributed by atoms with E-state index in [0.717, 1.165) is 21.5 Å². The molecular weight excluding hydrogens is 294 g/mol. The normalized spacial score (nSPS) is 13.3. The second-order valence-corrected chi connectivity index (χ2v) is 6.17. The summed E-state index contributed by atoms with van der Waals surface area (Å²) in [6.45, 7) is 6.59. The Kier molecular flexibility index (Phi) is 5.05.